The van der Waals surface area contributed by atoms with E-state index in [2.05, 4.69) is 50.1 Å². The van der Waals surface area contributed by atoms with E-state index in [1.807, 2.05) is 0 Å². The van der Waals surface area contributed by atoms with Crippen LogP contribution in [-0.4, -0.2) is 22.3 Å². The monoisotopic (exact) mass is 267 g/mol. The molecule has 1 heterocycles. The number of hydrogen-bond donors (Lipinski definition) is 1. The van der Waals surface area contributed by atoms with Crippen LogP contribution in [0, 0.1) is 0 Å². The topological polar surface area (TPSA) is 51.0 Å². The Morgan fingerprint density at radius 3 is 2.26 bits per heavy atom. The van der Waals surface area contributed by atoms with Crippen LogP contribution in [0.3, 0.4) is 0 Å². The quantitative estimate of drug-likeness (QED) is 0.780. The van der Waals surface area contributed by atoms with Gasteiger partial charge in [-0.05, 0) is 33.6 Å². The second-order valence-corrected chi connectivity index (χ2v) is 6.24. The molecule has 1 aromatic heterocycles. The van der Waals surface area contributed by atoms with Gasteiger partial charge in [0.05, 0.1) is 0 Å². The Labute approximate surface area is 117 Å². The molecular weight excluding hydrogens is 238 g/mol. The molecule has 0 unspecified atom stereocenters. The molecule has 0 spiro atoms. The highest BCUT2D eigenvalue weighted by atomic mass is 16.4. The summed E-state index contributed by atoms with van der Waals surface area (Å²) in [5.41, 5.74) is 0.135. The minimum absolute atomic E-state index is 0.135. The van der Waals surface area contributed by atoms with Crippen molar-refractivity contribution in [1.82, 2.24) is 15.5 Å². The summed E-state index contributed by atoms with van der Waals surface area (Å²) in [6.45, 7) is 11.7. The summed E-state index contributed by atoms with van der Waals surface area (Å²) in [5.74, 6) is 2.02. The second-order valence-electron chi connectivity index (χ2n) is 6.24. The van der Waals surface area contributed by atoms with Gasteiger partial charge < -0.3 is 9.73 Å². The molecule has 0 radical (unpaired) electrons. The highest BCUT2D eigenvalue weighted by Crippen LogP contribution is 2.25. The van der Waals surface area contributed by atoms with E-state index in [1.165, 1.54) is 0 Å². The van der Waals surface area contributed by atoms with Crippen LogP contribution in [-0.2, 0) is 6.42 Å². The van der Waals surface area contributed by atoms with Crippen LogP contribution in [0.5, 0.6) is 0 Å². The maximum atomic E-state index is 5.80. The van der Waals surface area contributed by atoms with Crippen LogP contribution in [0.2, 0.25) is 0 Å². The molecule has 1 rings (SSSR count). The number of rotatable bonds is 8. The first-order valence-electron chi connectivity index (χ1n) is 7.53. The second kappa shape index (κ2) is 7.63. The van der Waals surface area contributed by atoms with Gasteiger partial charge in [0.25, 0.3) is 0 Å². The fourth-order valence-corrected chi connectivity index (χ4v) is 2.17. The van der Waals surface area contributed by atoms with E-state index in [0.717, 1.165) is 50.4 Å². The summed E-state index contributed by atoms with van der Waals surface area (Å²) in [6.07, 6.45) is 5.39. The molecular formula is C15H29N3O. The fourth-order valence-electron chi connectivity index (χ4n) is 2.17. The Bertz CT molecular complexity index is 349. The molecule has 0 aliphatic heterocycles. The van der Waals surface area contributed by atoms with Crippen LogP contribution in [0.15, 0.2) is 4.42 Å². The number of hydrogen-bond acceptors (Lipinski definition) is 4. The molecule has 0 aliphatic rings. The Balaban J connectivity index is 2.50. The average molecular weight is 267 g/mol. The van der Waals surface area contributed by atoms with Crippen molar-refractivity contribution in [3.8, 4) is 0 Å². The molecule has 4 nitrogen and oxygen atoms in total. The Morgan fingerprint density at radius 2 is 1.74 bits per heavy atom. The van der Waals surface area contributed by atoms with Gasteiger partial charge in [0.1, 0.15) is 0 Å². The van der Waals surface area contributed by atoms with Crippen molar-refractivity contribution < 1.29 is 4.42 Å². The van der Waals surface area contributed by atoms with Crippen molar-refractivity contribution in [1.29, 1.82) is 0 Å². The van der Waals surface area contributed by atoms with Crippen molar-refractivity contribution in [2.45, 2.75) is 78.2 Å². The minimum atomic E-state index is 0.135. The first-order valence-corrected chi connectivity index (χ1v) is 7.53. The first kappa shape index (κ1) is 16.2. The lowest BCUT2D eigenvalue weighted by Crippen LogP contribution is -2.37. The molecule has 19 heavy (non-hydrogen) atoms. The van der Waals surface area contributed by atoms with Crippen LogP contribution in [0.4, 0.5) is 0 Å². The van der Waals surface area contributed by atoms with E-state index in [0.29, 0.717) is 5.92 Å². The average Bonchev–Trinajstić information content (AvgIpc) is 2.76. The van der Waals surface area contributed by atoms with E-state index in [-0.39, 0.29) is 5.54 Å². The molecule has 4 heteroatoms. The van der Waals surface area contributed by atoms with Gasteiger partial charge in [-0.2, -0.15) is 0 Å². The van der Waals surface area contributed by atoms with Gasteiger partial charge in [-0.25, -0.2) is 0 Å². The van der Waals surface area contributed by atoms with E-state index in [1.54, 1.807) is 0 Å². The maximum Gasteiger partial charge on any atom is 0.219 e. The largest absolute Gasteiger partial charge is 0.425 e. The zero-order valence-electron chi connectivity index (χ0n) is 13.1. The van der Waals surface area contributed by atoms with Crippen molar-refractivity contribution in [3.63, 3.8) is 0 Å². The summed E-state index contributed by atoms with van der Waals surface area (Å²) in [4.78, 5) is 0. The lowest BCUT2D eigenvalue weighted by Gasteiger charge is -2.19. The zero-order chi connectivity index (χ0) is 14.3. The minimum Gasteiger partial charge on any atom is -0.425 e. The summed E-state index contributed by atoms with van der Waals surface area (Å²) >= 11 is 0. The van der Waals surface area contributed by atoms with Crippen LogP contribution >= 0.6 is 0 Å². The van der Waals surface area contributed by atoms with Gasteiger partial charge in [-0.15, -0.1) is 10.2 Å². The van der Waals surface area contributed by atoms with E-state index >= 15 is 0 Å². The molecule has 1 N–H and O–H groups in total. The third-order valence-corrected chi connectivity index (χ3v) is 3.10. The third-order valence-electron chi connectivity index (χ3n) is 3.10. The van der Waals surface area contributed by atoms with E-state index < -0.39 is 0 Å². The predicted octanol–water partition coefficient (Wildman–Crippen LogP) is 3.68. The Morgan fingerprint density at radius 1 is 1.11 bits per heavy atom. The van der Waals surface area contributed by atoms with E-state index in [9.17, 15) is 0 Å². The van der Waals surface area contributed by atoms with Crippen LogP contribution in [0.25, 0.3) is 0 Å². The smallest absolute Gasteiger partial charge is 0.219 e. The molecule has 0 aromatic carbocycles. The fraction of sp³-hybridized carbons (Fsp3) is 0.867. The van der Waals surface area contributed by atoms with Gasteiger partial charge >= 0.3 is 0 Å². The zero-order valence-corrected chi connectivity index (χ0v) is 13.1. The van der Waals surface area contributed by atoms with Gasteiger partial charge in [0.2, 0.25) is 11.8 Å². The highest BCUT2D eigenvalue weighted by molar-refractivity contribution is 4.92. The van der Waals surface area contributed by atoms with Crippen molar-refractivity contribution in [3.05, 3.63) is 11.8 Å². The first-order chi connectivity index (χ1) is 8.96. The summed E-state index contributed by atoms with van der Waals surface area (Å²) in [5, 5.41) is 11.8. The summed E-state index contributed by atoms with van der Waals surface area (Å²) in [6, 6.07) is 0. The number of aromatic nitrogens is 2. The van der Waals surface area contributed by atoms with E-state index in [4.69, 9.17) is 4.42 Å². The van der Waals surface area contributed by atoms with Gasteiger partial charge in [0, 0.05) is 24.4 Å². The lowest BCUT2D eigenvalue weighted by molar-refractivity contribution is 0.374. The van der Waals surface area contributed by atoms with Gasteiger partial charge in [-0.3, -0.25) is 0 Å². The predicted molar refractivity (Wildman–Crippen MR) is 78.3 cm³/mol. The van der Waals surface area contributed by atoms with Crippen molar-refractivity contribution in [2.75, 3.05) is 6.54 Å². The summed E-state index contributed by atoms with van der Waals surface area (Å²) in [7, 11) is 0. The van der Waals surface area contributed by atoms with Crippen molar-refractivity contribution >= 4 is 0 Å². The van der Waals surface area contributed by atoms with Gasteiger partial charge in [-0.1, -0.05) is 26.7 Å². The molecule has 0 amide bonds. The Hall–Kier alpha value is -0.900. The molecule has 110 valence electrons. The standard InChI is InChI=1S/C15H29N3O/c1-6-8-12(9-7-2)14-18-17-13(19-14)10-11-16-15(3,4)5/h12,16H,6-11H2,1-5H3. The molecule has 0 bridgehead atoms. The third kappa shape index (κ3) is 6.19. The Kier molecular flexibility index (Phi) is 6.49. The van der Waals surface area contributed by atoms with Crippen LogP contribution < -0.4 is 5.32 Å². The molecule has 0 aliphatic carbocycles. The molecule has 1 aromatic rings. The summed E-state index contributed by atoms with van der Waals surface area (Å²) < 4.78 is 5.80. The maximum absolute atomic E-state index is 5.80. The normalized spacial score (nSPS) is 12.3. The number of nitrogens with one attached hydrogen (secondary N) is 1. The lowest BCUT2D eigenvalue weighted by atomic mass is 9.98. The van der Waals surface area contributed by atoms with Crippen LogP contribution in [0.1, 0.15) is 78.0 Å². The molecule has 0 saturated carbocycles. The molecule has 0 fully saturated rings. The molecule has 0 atom stereocenters. The highest BCUT2D eigenvalue weighted by Gasteiger charge is 2.17. The van der Waals surface area contributed by atoms with Crippen molar-refractivity contribution in [2.24, 2.45) is 0 Å². The SMILES string of the molecule is CCCC(CCC)c1nnc(CCNC(C)(C)C)o1. The number of nitrogens with zero attached hydrogens (tertiary/aromatic N) is 2. The molecule has 0 saturated heterocycles. The van der Waals surface area contributed by atoms with Gasteiger partial charge in [0.15, 0.2) is 0 Å².